The Morgan fingerprint density at radius 2 is 1.92 bits per heavy atom. The maximum atomic E-state index is 14.0. The van der Waals surface area contributed by atoms with Crippen LogP contribution in [0.4, 0.5) is 13.9 Å². The molecule has 0 spiro atoms. The van der Waals surface area contributed by atoms with Crippen molar-refractivity contribution in [2.24, 2.45) is 0 Å². The molecule has 3 rings (SSSR count). The largest absolute Gasteiger partial charge is 0.466 e. The zero-order chi connectivity index (χ0) is 19.0. The number of hydrogen-bond donors (Lipinski definition) is 0. The molecule has 138 valence electrons. The molecule has 0 radical (unpaired) electrons. The van der Waals surface area contributed by atoms with Gasteiger partial charge in [0, 0.05) is 19.2 Å². The van der Waals surface area contributed by atoms with E-state index in [4.69, 9.17) is 4.42 Å². The fourth-order valence-electron chi connectivity index (χ4n) is 2.63. The number of likely N-dealkylation sites (N-methyl/N-ethyl adjacent to an activating group) is 1. The lowest BCUT2D eigenvalue weighted by atomic mass is 10.2. The van der Waals surface area contributed by atoms with Crippen LogP contribution in [0.25, 0.3) is 10.2 Å². The molecule has 0 fully saturated rings. The van der Waals surface area contributed by atoms with Gasteiger partial charge in [-0.15, -0.1) is 0 Å². The summed E-state index contributed by atoms with van der Waals surface area (Å²) in [5.41, 5.74) is 0.501. The predicted molar refractivity (Wildman–Crippen MR) is 97.9 cm³/mol. The quantitative estimate of drug-likeness (QED) is 0.673. The van der Waals surface area contributed by atoms with Crippen molar-refractivity contribution in [3.8, 4) is 0 Å². The van der Waals surface area contributed by atoms with Crippen molar-refractivity contribution < 1.29 is 18.0 Å². The summed E-state index contributed by atoms with van der Waals surface area (Å²) >= 11 is 1.09. The Kier molecular flexibility index (Phi) is 5.06. The maximum absolute atomic E-state index is 14.0. The first-order valence-electron chi connectivity index (χ1n) is 8.05. The molecule has 3 aromatic rings. The summed E-state index contributed by atoms with van der Waals surface area (Å²) in [6.45, 7) is 4.44. The van der Waals surface area contributed by atoms with E-state index in [-0.39, 0.29) is 11.4 Å². The number of furan rings is 1. The Balaban J connectivity index is 2.04. The Bertz CT molecular complexity index is 965. The molecular formula is C18H19F2N3O2S. The van der Waals surface area contributed by atoms with Gasteiger partial charge in [0.05, 0.1) is 10.3 Å². The van der Waals surface area contributed by atoms with E-state index < -0.39 is 11.6 Å². The second-order valence-corrected chi connectivity index (χ2v) is 7.33. The zero-order valence-corrected chi connectivity index (χ0v) is 15.8. The summed E-state index contributed by atoms with van der Waals surface area (Å²) in [5, 5.41) is 0.328. The number of aryl methyl sites for hydroxylation is 2. The van der Waals surface area contributed by atoms with Gasteiger partial charge >= 0.3 is 0 Å². The van der Waals surface area contributed by atoms with E-state index in [1.165, 1.54) is 11.0 Å². The normalized spacial score (nSPS) is 11.5. The highest BCUT2D eigenvalue weighted by atomic mass is 32.1. The molecule has 0 atom stereocenters. The third kappa shape index (κ3) is 3.61. The standard InChI is InChI=1S/C18H19F2N3O2S/c1-10-7-13(11(2)25-10)17(24)23(6-5-22(3)4)18-21-16-14(20)8-12(19)9-15(16)26-18/h7-9H,5-6H2,1-4H3. The fourth-order valence-corrected chi connectivity index (χ4v) is 3.66. The molecule has 26 heavy (non-hydrogen) atoms. The number of anilines is 1. The number of hydrogen-bond acceptors (Lipinski definition) is 5. The van der Waals surface area contributed by atoms with Crippen LogP contribution in [0, 0.1) is 25.5 Å². The predicted octanol–water partition coefficient (Wildman–Crippen LogP) is 3.99. The van der Waals surface area contributed by atoms with Crippen LogP contribution in [-0.4, -0.2) is 43.0 Å². The second kappa shape index (κ2) is 7.13. The first-order valence-corrected chi connectivity index (χ1v) is 8.87. The van der Waals surface area contributed by atoms with Crippen LogP contribution in [0.2, 0.25) is 0 Å². The lowest BCUT2D eigenvalue weighted by molar-refractivity contribution is 0.0983. The minimum atomic E-state index is -0.738. The molecule has 1 amide bonds. The third-order valence-electron chi connectivity index (χ3n) is 3.92. The summed E-state index contributed by atoms with van der Waals surface area (Å²) < 4.78 is 33.3. The summed E-state index contributed by atoms with van der Waals surface area (Å²) in [5.74, 6) is -0.534. The van der Waals surface area contributed by atoms with Gasteiger partial charge in [-0.3, -0.25) is 9.69 Å². The summed E-state index contributed by atoms with van der Waals surface area (Å²) in [6.07, 6.45) is 0. The van der Waals surface area contributed by atoms with Crippen LogP contribution in [0.1, 0.15) is 21.9 Å². The summed E-state index contributed by atoms with van der Waals surface area (Å²) in [4.78, 5) is 20.7. The van der Waals surface area contributed by atoms with Gasteiger partial charge in [-0.2, -0.15) is 0 Å². The molecule has 5 nitrogen and oxygen atoms in total. The van der Waals surface area contributed by atoms with Gasteiger partial charge in [-0.1, -0.05) is 11.3 Å². The van der Waals surface area contributed by atoms with Crippen molar-refractivity contribution in [2.45, 2.75) is 13.8 Å². The average Bonchev–Trinajstić information content (AvgIpc) is 3.10. The highest BCUT2D eigenvalue weighted by Gasteiger charge is 2.25. The number of nitrogens with zero attached hydrogens (tertiary/aromatic N) is 3. The topological polar surface area (TPSA) is 49.6 Å². The second-order valence-electron chi connectivity index (χ2n) is 6.32. The monoisotopic (exact) mass is 379 g/mol. The Hall–Kier alpha value is -2.32. The van der Waals surface area contributed by atoms with E-state index in [9.17, 15) is 13.6 Å². The lowest BCUT2D eigenvalue weighted by Gasteiger charge is -2.21. The van der Waals surface area contributed by atoms with Crippen molar-refractivity contribution in [2.75, 3.05) is 32.1 Å². The van der Waals surface area contributed by atoms with E-state index >= 15 is 0 Å². The molecular weight excluding hydrogens is 360 g/mol. The van der Waals surface area contributed by atoms with Crippen LogP contribution in [-0.2, 0) is 0 Å². The Morgan fingerprint density at radius 3 is 2.54 bits per heavy atom. The summed E-state index contributed by atoms with van der Waals surface area (Å²) in [7, 11) is 3.78. The number of benzene rings is 1. The van der Waals surface area contributed by atoms with E-state index in [1.54, 1.807) is 19.9 Å². The van der Waals surface area contributed by atoms with Crippen molar-refractivity contribution in [1.82, 2.24) is 9.88 Å². The van der Waals surface area contributed by atoms with Gasteiger partial charge in [-0.25, -0.2) is 13.8 Å². The number of aromatic nitrogens is 1. The SMILES string of the molecule is Cc1cc(C(=O)N(CCN(C)C)c2nc3c(F)cc(F)cc3s2)c(C)o1. The molecule has 8 heteroatoms. The molecule has 0 bridgehead atoms. The first kappa shape index (κ1) is 18.5. The zero-order valence-electron chi connectivity index (χ0n) is 15.0. The number of rotatable bonds is 5. The van der Waals surface area contributed by atoms with Crippen LogP contribution >= 0.6 is 11.3 Å². The molecule has 0 aliphatic heterocycles. The smallest absolute Gasteiger partial charge is 0.263 e. The van der Waals surface area contributed by atoms with Crippen molar-refractivity contribution in [1.29, 1.82) is 0 Å². The molecule has 0 saturated heterocycles. The van der Waals surface area contributed by atoms with Crippen molar-refractivity contribution in [3.63, 3.8) is 0 Å². The third-order valence-corrected chi connectivity index (χ3v) is 4.95. The maximum Gasteiger partial charge on any atom is 0.263 e. The van der Waals surface area contributed by atoms with Gasteiger partial charge in [0.15, 0.2) is 10.9 Å². The van der Waals surface area contributed by atoms with E-state index in [2.05, 4.69) is 4.98 Å². The van der Waals surface area contributed by atoms with Crippen LogP contribution in [0.3, 0.4) is 0 Å². The van der Waals surface area contributed by atoms with Crippen molar-refractivity contribution in [3.05, 3.63) is 46.9 Å². The molecule has 0 aliphatic carbocycles. The Morgan fingerprint density at radius 1 is 1.19 bits per heavy atom. The number of carbonyl (C=O) groups is 1. The van der Waals surface area contributed by atoms with Crippen molar-refractivity contribution >= 4 is 32.6 Å². The number of fused-ring (bicyclic) bond motifs is 1. The number of carbonyl (C=O) groups excluding carboxylic acids is 1. The highest BCUT2D eigenvalue weighted by molar-refractivity contribution is 7.22. The van der Waals surface area contributed by atoms with E-state index in [1.807, 2.05) is 19.0 Å². The van der Waals surface area contributed by atoms with Gasteiger partial charge in [0.25, 0.3) is 5.91 Å². The summed E-state index contributed by atoms with van der Waals surface area (Å²) in [6, 6.07) is 3.69. The molecule has 0 aliphatic rings. The van der Waals surface area contributed by atoms with Crippen LogP contribution in [0.5, 0.6) is 0 Å². The van der Waals surface area contributed by atoms with Crippen LogP contribution < -0.4 is 4.90 Å². The van der Waals surface area contributed by atoms with E-state index in [0.717, 1.165) is 17.4 Å². The number of halogens is 2. The molecule has 1 aromatic carbocycles. The first-order chi connectivity index (χ1) is 12.3. The minimum absolute atomic E-state index is 0.0640. The molecule has 2 aromatic heterocycles. The number of thiazole rings is 1. The van der Waals surface area contributed by atoms with Gasteiger partial charge in [0.2, 0.25) is 0 Å². The Labute approximate surface area is 153 Å². The number of amides is 1. The molecule has 2 heterocycles. The van der Waals surface area contributed by atoms with E-state index in [0.29, 0.717) is 40.0 Å². The fraction of sp³-hybridized carbons (Fsp3) is 0.333. The molecule has 0 saturated carbocycles. The van der Waals surface area contributed by atoms with Gasteiger partial charge in [-0.05, 0) is 40.1 Å². The lowest BCUT2D eigenvalue weighted by Crippen LogP contribution is -2.36. The average molecular weight is 379 g/mol. The molecule has 0 N–H and O–H groups in total. The van der Waals surface area contributed by atoms with Crippen LogP contribution in [0.15, 0.2) is 22.6 Å². The molecule has 0 unspecified atom stereocenters. The highest BCUT2D eigenvalue weighted by Crippen LogP contribution is 2.32. The van der Waals surface area contributed by atoms with Gasteiger partial charge < -0.3 is 9.32 Å². The van der Waals surface area contributed by atoms with Gasteiger partial charge in [0.1, 0.15) is 22.9 Å². The minimum Gasteiger partial charge on any atom is -0.466 e.